The highest BCUT2D eigenvalue weighted by atomic mass is 32.2. The van der Waals surface area contributed by atoms with E-state index in [0.717, 1.165) is 27.0 Å². The number of carbonyl (C=O) groups is 1. The Morgan fingerprint density at radius 3 is 2.57 bits per heavy atom. The van der Waals surface area contributed by atoms with Gasteiger partial charge in [-0.05, 0) is 43.3 Å². The molecule has 23 heavy (non-hydrogen) atoms. The number of thiazole rings is 1. The van der Waals surface area contributed by atoms with Crippen LogP contribution in [0.25, 0.3) is 0 Å². The fraction of sp³-hybridized carbons (Fsp3) is 0.118. The van der Waals surface area contributed by atoms with E-state index < -0.39 is 0 Å². The van der Waals surface area contributed by atoms with Crippen LogP contribution in [0.1, 0.15) is 21.1 Å². The lowest BCUT2D eigenvalue weighted by atomic mass is 10.2. The minimum atomic E-state index is -0.122. The van der Waals surface area contributed by atoms with Crippen molar-refractivity contribution < 1.29 is 4.79 Å². The summed E-state index contributed by atoms with van der Waals surface area (Å²) in [5.41, 5.74) is 2.47. The lowest BCUT2D eigenvalue weighted by molar-refractivity contribution is 0.102. The minimum Gasteiger partial charge on any atom is -0.322 e. The molecule has 0 fully saturated rings. The maximum absolute atomic E-state index is 12.2. The molecule has 0 aliphatic heterocycles. The number of aromatic nitrogens is 2. The summed E-state index contributed by atoms with van der Waals surface area (Å²) in [5.74, 6) is 0.718. The van der Waals surface area contributed by atoms with E-state index in [2.05, 4.69) is 20.7 Å². The largest absolute Gasteiger partial charge is 0.322 e. The highest BCUT2D eigenvalue weighted by molar-refractivity contribution is 7.98. The molecule has 0 unspecified atom stereocenters. The van der Waals surface area contributed by atoms with E-state index in [4.69, 9.17) is 0 Å². The van der Waals surface area contributed by atoms with Crippen LogP contribution in [0.5, 0.6) is 0 Å². The third-order valence-electron chi connectivity index (χ3n) is 3.11. The number of pyridine rings is 1. The first-order valence-electron chi connectivity index (χ1n) is 7.06. The van der Waals surface area contributed by atoms with Crippen molar-refractivity contribution in [1.29, 1.82) is 0 Å². The Balaban J connectivity index is 1.59. The Labute approximate surface area is 143 Å². The van der Waals surface area contributed by atoms with Gasteiger partial charge in [-0.25, -0.2) is 4.98 Å². The van der Waals surface area contributed by atoms with E-state index >= 15 is 0 Å². The van der Waals surface area contributed by atoms with E-state index in [1.54, 1.807) is 47.6 Å². The van der Waals surface area contributed by atoms with Crippen molar-refractivity contribution in [3.05, 3.63) is 70.4 Å². The quantitative estimate of drug-likeness (QED) is 0.699. The van der Waals surface area contributed by atoms with Crippen LogP contribution in [0.4, 0.5) is 5.69 Å². The maximum Gasteiger partial charge on any atom is 0.255 e. The molecule has 2 heterocycles. The molecule has 0 bridgehead atoms. The second-order valence-electron chi connectivity index (χ2n) is 4.86. The number of rotatable bonds is 5. The van der Waals surface area contributed by atoms with Gasteiger partial charge in [0.1, 0.15) is 0 Å². The first-order valence-corrected chi connectivity index (χ1v) is 8.92. The van der Waals surface area contributed by atoms with Crippen molar-refractivity contribution in [2.24, 2.45) is 0 Å². The zero-order chi connectivity index (χ0) is 16.1. The van der Waals surface area contributed by atoms with E-state index in [0.29, 0.717) is 5.56 Å². The molecule has 0 saturated carbocycles. The molecule has 4 nitrogen and oxygen atoms in total. The molecule has 0 atom stereocenters. The average molecular weight is 341 g/mol. The third kappa shape index (κ3) is 4.40. The normalized spacial score (nSPS) is 10.5. The predicted octanol–water partition coefficient (Wildman–Crippen LogP) is 4.39. The summed E-state index contributed by atoms with van der Waals surface area (Å²) in [5, 5.41) is 6.01. The van der Waals surface area contributed by atoms with Crippen LogP contribution in [0.3, 0.4) is 0 Å². The number of hydrogen-bond acceptors (Lipinski definition) is 5. The molecule has 116 valence electrons. The molecule has 2 aromatic heterocycles. The number of thioether (sulfide) groups is 1. The summed E-state index contributed by atoms with van der Waals surface area (Å²) in [6.07, 6.45) is 3.30. The Bertz CT molecular complexity index is 785. The number of carbonyl (C=O) groups excluding carboxylic acids is 1. The van der Waals surface area contributed by atoms with Crippen LogP contribution in [0.15, 0.2) is 59.1 Å². The summed E-state index contributed by atoms with van der Waals surface area (Å²) in [4.78, 5) is 21.7. The van der Waals surface area contributed by atoms with Crippen molar-refractivity contribution in [3.8, 4) is 0 Å². The van der Waals surface area contributed by atoms with Crippen molar-refractivity contribution >= 4 is 34.7 Å². The molecule has 1 amide bonds. The zero-order valence-electron chi connectivity index (χ0n) is 12.5. The van der Waals surface area contributed by atoms with Gasteiger partial charge in [-0.1, -0.05) is 0 Å². The molecule has 0 aliphatic carbocycles. The van der Waals surface area contributed by atoms with Gasteiger partial charge < -0.3 is 5.32 Å². The second-order valence-corrected chi connectivity index (χ2v) is 6.97. The number of aryl methyl sites for hydroxylation is 1. The van der Waals surface area contributed by atoms with E-state index in [1.807, 2.05) is 31.2 Å². The Morgan fingerprint density at radius 1 is 1.17 bits per heavy atom. The van der Waals surface area contributed by atoms with Crippen LogP contribution in [-0.4, -0.2) is 15.9 Å². The SMILES string of the molecule is Cc1nc(CSc2ccc(C(=O)Nc3ccncc3)cc2)cs1. The van der Waals surface area contributed by atoms with E-state index in [-0.39, 0.29) is 5.91 Å². The zero-order valence-corrected chi connectivity index (χ0v) is 14.2. The van der Waals surface area contributed by atoms with Crippen molar-refractivity contribution in [1.82, 2.24) is 9.97 Å². The summed E-state index contributed by atoms with van der Waals surface area (Å²) >= 11 is 3.38. The van der Waals surface area contributed by atoms with Gasteiger partial charge in [0, 0.05) is 39.7 Å². The number of benzene rings is 1. The Kier molecular flexibility index (Phi) is 5.05. The van der Waals surface area contributed by atoms with Gasteiger partial charge in [-0.15, -0.1) is 23.1 Å². The first kappa shape index (κ1) is 15.7. The standard InChI is InChI=1S/C17H15N3OS2/c1-12-19-15(10-22-12)11-23-16-4-2-13(3-5-16)17(21)20-14-6-8-18-9-7-14/h2-10H,11H2,1H3,(H,18,20,21). The van der Waals surface area contributed by atoms with Gasteiger partial charge in [-0.2, -0.15) is 0 Å². The van der Waals surface area contributed by atoms with Gasteiger partial charge in [0.05, 0.1) is 10.7 Å². The van der Waals surface area contributed by atoms with Crippen molar-refractivity contribution in [2.75, 3.05) is 5.32 Å². The summed E-state index contributed by atoms with van der Waals surface area (Å²) in [7, 11) is 0. The lowest BCUT2D eigenvalue weighted by Gasteiger charge is -2.05. The number of anilines is 1. The van der Waals surface area contributed by atoms with Crippen LogP contribution in [-0.2, 0) is 5.75 Å². The molecule has 0 saturated heterocycles. The predicted molar refractivity (Wildman–Crippen MR) is 95.0 cm³/mol. The highest BCUT2D eigenvalue weighted by Gasteiger charge is 2.06. The summed E-state index contributed by atoms with van der Waals surface area (Å²) in [6, 6.07) is 11.1. The molecule has 0 spiro atoms. The number of nitrogens with one attached hydrogen (secondary N) is 1. The topological polar surface area (TPSA) is 54.9 Å². The van der Waals surface area contributed by atoms with E-state index in [1.165, 1.54) is 0 Å². The molecule has 0 radical (unpaired) electrons. The minimum absolute atomic E-state index is 0.122. The van der Waals surface area contributed by atoms with Gasteiger partial charge in [-0.3, -0.25) is 9.78 Å². The van der Waals surface area contributed by atoms with Crippen LogP contribution in [0.2, 0.25) is 0 Å². The molecule has 1 N–H and O–H groups in total. The third-order valence-corrected chi connectivity index (χ3v) is 4.98. The van der Waals surface area contributed by atoms with Crippen LogP contribution >= 0.6 is 23.1 Å². The van der Waals surface area contributed by atoms with Gasteiger partial charge in [0.15, 0.2) is 0 Å². The van der Waals surface area contributed by atoms with Gasteiger partial charge in [0.25, 0.3) is 5.91 Å². The van der Waals surface area contributed by atoms with Crippen molar-refractivity contribution in [3.63, 3.8) is 0 Å². The molecule has 1 aromatic carbocycles. The fourth-order valence-corrected chi connectivity index (χ4v) is 3.48. The monoisotopic (exact) mass is 341 g/mol. The number of hydrogen-bond donors (Lipinski definition) is 1. The first-order chi connectivity index (χ1) is 11.2. The molecule has 3 aromatic rings. The smallest absolute Gasteiger partial charge is 0.255 e. The average Bonchev–Trinajstić information content (AvgIpc) is 3.00. The van der Waals surface area contributed by atoms with Gasteiger partial charge in [0.2, 0.25) is 0 Å². The fourth-order valence-electron chi connectivity index (χ4n) is 1.97. The maximum atomic E-state index is 12.2. The van der Waals surface area contributed by atoms with Crippen LogP contribution < -0.4 is 5.32 Å². The molecular weight excluding hydrogens is 326 g/mol. The molecule has 0 aliphatic rings. The van der Waals surface area contributed by atoms with Crippen molar-refractivity contribution in [2.45, 2.75) is 17.6 Å². The van der Waals surface area contributed by atoms with E-state index in [9.17, 15) is 4.79 Å². The number of nitrogens with zero attached hydrogens (tertiary/aromatic N) is 2. The van der Waals surface area contributed by atoms with Gasteiger partial charge >= 0.3 is 0 Å². The Morgan fingerprint density at radius 2 is 1.91 bits per heavy atom. The highest BCUT2D eigenvalue weighted by Crippen LogP contribution is 2.24. The lowest BCUT2D eigenvalue weighted by Crippen LogP contribution is -2.11. The second kappa shape index (κ2) is 7.39. The Hall–Kier alpha value is -2.18. The number of amides is 1. The summed E-state index contributed by atoms with van der Waals surface area (Å²) in [6.45, 7) is 2.01. The molecule has 3 rings (SSSR count). The van der Waals surface area contributed by atoms with Crippen LogP contribution in [0, 0.1) is 6.92 Å². The molecular formula is C17H15N3OS2. The molecule has 6 heteroatoms. The summed E-state index contributed by atoms with van der Waals surface area (Å²) < 4.78 is 0.